The van der Waals surface area contributed by atoms with Crippen LogP contribution < -0.4 is 10.6 Å². The highest BCUT2D eigenvalue weighted by Crippen LogP contribution is 2.17. The van der Waals surface area contributed by atoms with Crippen molar-refractivity contribution in [3.8, 4) is 0 Å². The summed E-state index contributed by atoms with van der Waals surface area (Å²) in [5, 5.41) is 5.57. The van der Waals surface area contributed by atoms with Crippen molar-refractivity contribution in [2.75, 3.05) is 24.2 Å². The van der Waals surface area contributed by atoms with Crippen molar-refractivity contribution >= 4 is 45.8 Å². The van der Waals surface area contributed by atoms with Gasteiger partial charge in [-0.1, -0.05) is 36.1 Å². The molecule has 0 saturated heterocycles. The van der Waals surface area contributed by atoms with Gasteiger partial charge in [0.2, 0.25) is 5.91 Å². The third-order valence-electron chi connectivity index (χ3n) is 3.80. The summed E-state index contributed by atoms with van der Waals surface area (Å²) in [6.07, 6.45) is 1.55. The summed E-state index contributed by atoms with van der Waals surface area (Å²) in [7, 11) is 0. The van der Waals surface area contributed by atoms with Gasteiger partial charge in [-0.2, -0.15) is 0 Å². The second-order valence-corrected chi connectivity index (χ2v) is 7.19. The van der Waals surface area contributed by atoms with Crippen molar-refractivity contribution in [1.82, 2.24) is 10.2 Å². The van der Waals surface area contributed by atoms with Crippen LogP contribution in [0.5, 0.6) is 0 Å². The highest BCUT2D eigenvalue weighted by atomic mass is 32.2. The van der Waals surface area contributed by atoms with Gasteiger partial charge in [-0.15, -0.1) is 0 Å². The van der Waals surface area contributed by atoms with Gasteiger partial charge in [0.05, 0.1) is 29.8 Å². The summed E-state index contributed by atoms with van der Waals surface area (Å²) in [5.74, 6) is 0.359. The second kappa shape index (κ2) is 10.7. The molecular weight excluding hydrogens is 382 g/mol. The van der Waals surface area contributed by atoms with Gasteiger partial charge in [0.15, 0.2) is 0 Å². The normalized spacial score (nSPS) is 10.3. The highest BCUT2D eigenvalue weighted by molar-refractivity contribution is 8.23. The number of benzene rings is 1. The average molecular weight is 406 g/mol. The molecule has 0 spiro atoms. The van der Waals surface area contributed by atoms with Crippen molar-refractivity contribution in [2.45, 2.75) is 20.4 Å². The molecule has 0 unspecified atom stereocenters. The zero-order chi connectivity index (χ0) is 19.6. The van der Waals surface area contributed by atoms with E-state index in [1.54, 1.807) is 42.7 Å². The first-order valence-corrected chi connectivity index (χ1v) is 10.1. The molecular formula is C19H23N3O3S2. The molecule has 1 heterocycles. The monoisotopic (exact) mass is 405 g/mol. The van der Waals surface area contributed by atoms with E-state index in [-0.39, 0.29) is 24.1 Å². The third kappa shape index (κ3) is 6.41. The van der Waals surface area contributed by atoms with Gasteiger partial charge in [-0.05, 0) is 38.1 Å². The first kappa shape index (κ1) is 21.0. The minimum Gasteiger partial charge on any atom is -0.467 e. The van der Waals surface area contributed by atoms with Gasteiger partial charge in [0.1, 0.15) is 10.1 Å². The zero-order valence-corrected chi connectivity index (χ0v) is 17.0. The van der Waals surface area contributed by atoms with Crippen LogP contribution in [0.3, 0.4) is 0 Å². The topological polar surface area (TPSA) is 74.6 Å². The molecule has 8 heteroatoms. The predicted octanol–water partition coefficient (Wildman–Crippen LogP) is 3.51. The number of thiocarbonyl (C=S) groups is 1. The molecule has 2 amide bonds. The van der Waals surface area contributed by atoms with Gasteiger partial charge in [-0.3, -0.25) is 9.59 Å². The first-order chi connectivity index (χ1) is 13.0. The Morgan fingerprint density at radius 2 is 1.89 bits per heavy atom. The third-order valence-corrected chi connectivity index (χ3v) is 5.32. The summed E-state index contributed by atoms with van der Waals surface area (Å²) in [5.41, 5.74) is 0.863. The molecule has 0 saturated carbocycles. The van der Waals surface area contributed by atoms with E-state index < -0.39 is 0 Å². The van der Waals surface area contributed by atoms with E-state index in [0.29, 0.717) is 21.3 Å². The van der Waals surface area contributed by atoms with Gasteiger partial charge in [-0.25, -0.2) is 0 Å². The molecule has 0 bridgehead atoms. The zero-order valence-electron chi connectivity index (χ0n) is 15.4. The summed E-state index contributed by atoms with van der Waals surface area (Å²) in [6, 6.07) is 10.4. The van der Waals surface area contributed by atoms with E-state index in [9.17, 15) is 9.59 Å². The van der Waals surface area contributed by atoms with Crippen LogP contribution in [0.15, 0.2) is 47.1 Å². The lowest BCUT2D eigenvalue weighted by atomic mass is 10.1. The number of amides is 2. The van der Waals surface area contributed by atoms with Crippen LogP contribution in [0.25, 0.3) is 0 Å². The van der Waals surface area contributed by atoms with Crippen molar-refractivity contribution < 1.29 is 14.0 Å². The SMILES string of the molecule is CCN(CC)C(=S)SCC(=O)Nc1ccccc1C(=O)NCc1ccco1. The number of hydrogen-bond acceptors (Lipinski definition) is 5. The van der Waals surface area contributed by atoms with E-state index >= 15 is 0 Å². The Balaban J connectivity index is 1.93. The molecule has 0 aliphatic carbocycles. The fourth-order valence-corrected chi connectivity index (χ4v) is 3.56. The smallest absolute Gasteiger partial charge is 0.253 e. The van der Waals surface area contributed by atoms with E-state index in [2.05, 4.69) is 10.6 Å². The molecule has 2 N–H and O–H groups in total. The average Bonchev–Trinajstić information content (AvgIpc) is 3.19. The molecule has 0 aliphatic rings. The maximum absolute atomic E-state index is 12.4. The Hall–Kier alpha value is -2.32. The molecule has 6 nitrogen and oxygen atoms in total. The molecule has 1 aromatic heterocycles. The van der Waals surface area contributed by atoms with Crippen molar-refractivity contribution in [2.24, 2.45) is 0 Å². The number of anilines is 1. The van der Waals surface area contributed by atoms with Crippen molar-refractivity contribution in [3.05, 3.63) is 54.0 Å². The van der Waals surface area contributed by atoms with Gasteiger partial charge in [0.25, 0.3) is 5.91 Å². The van der Waals surface area contributed by atoms with E-state index in [1.165, 1.54) is 11.8 Å². The van der Waals surface area contributed by atoms with E-state index in [0.717, 1.165) is 13.1 Å². The number of para-hydroxylation sites is 1. The lowest BCUT2D eigenvalue weighted by molar-refractivity contribution is -0.113. The lowest BCUT2D eigenvalue weighted by Crippen LogP contribution is -2.28. The Labute approximate surface area is 168 Å². The summed E-state index contributed by atoms with van der Waals surface area (Å²) >= 11 is 6.65. The number of nitrogens with zero attached hydrogens (tertiary/aromatic N) is 1. The number of carbonyl (C=O) groups is 2. The fraction of sp³-hybridized carbons (Fsp3) is 0.316. The van der Waals surface area contributed by atoms with Crippen molar-refractivity contribution in [1.29, 1.82) is 0 Å². The maximum atomic E-state index is 12.4. The number of carbonyl (C=O) groups excluding carboxylic acids is 2. The molecule has 0 fully saturated rings. The van der Waals surface area contributed by atoms with Crippen LogP contribution in [0, 0.1) is 0 Å². The summed E-state index contributed by atoms with van der Waals surface area (Å²) < 4.78 is 5.90. The number of nitrogens with one attached hydrogen (secondary N) is 2. The summed E-state index contributed by atoms with van der Waals surface area (Å²) in [4.78, 5) is 26.7. The minimum absolute atomic E-state index is 0.192. The van der Waals surface area contributed by atoms with E-state index in [4.69, 9.17) is 16.6 Å². The molecule has 0 aliphatic heterocycles. The molecule has 2 rings (SSSR count). The summed E-state index contributed by atoms with van der Waals surface area (Å²) in [6.45, 7) is 5.94. The highest BCUT2D eigenvalue weighted by Gasteiger charge is 2.14. The van der Waals surface area contributed by atoms with Crippen molar-refractivity contribution in [3.63, 3.8) is 0 Å². The number of thioether (sulfide) groups is 1. The molecule has 1 aromatic carbocycles. The van der Waals surface area contributed by atoms with Crippen LogP contribution in [0.2, 0.25) is 0 Å². The molecule has 27 heavy (non-hydrogen) atoms. The lowest BCUT2D eigenvalue weighted by Gasteiger charge is -2.20. The molecule has 0 atom stereocenters. The number of furan rings is 1. The Morgan fingerprint density at radius 1 is 1.15 bits per heavy atom. The van der Waals surface area contributed by atoms with Crippen LogP contribution in [0.1, 0.15) is 30.0 Å². The predicted molar refractivity (Wildman–Crippen MR) is 113 cm³/mol. The number of hydrogen-bond donors (Lipinski definition) is 2. The van der Waals surface area contributed by atoms with Crippen LogP contribution in [0.4, 0.5) is 5.69 Å². The molecule has 144 valence electrons. The van der Waals surface area contributed by atoms with Gasteiger partial charge < -0.3 is 20.0 Å². The largest absolute Gasteiger partial charge is 0.467 e. The van der Waals surface area contributed by atoms with E-state index in [1.807, 2.05) is 18.7 Å². The minimum atomic E-state index is -0.284. The maximum Gasteiger partial charge on any atom is 0.253 e. The number of rotatable bonds is 8. The second-order valence-electron chi connectivity index (χ2n) is 5.58. The fourth-order valence-electron chi connectivity index (χ4n) is 2.35. The van der Waals surface area contributed by atoms with Gasteiger partial charge >= 0.3 is 0 Å². The Morgan fingerprint density at radius 3 is 2.56 bits per heavy atom. The quantitative estimate of drug-likeness (QED) is 0.655. The Bertz CT molecular complexity index is 774. The molecule has 2 aromatic rings. The van der Waals surface area contributed by atoms with Crippen LogP contribution in [-0.2, 0) is 11.3 Å². The first-order valence-electron chi connectivity index (χ1n) is 8.66. The van der Waals surface area contributed by atoms with Crippen LogP contribution >= 0.6 is 24.0 Å². The van der Waals surface area contributed by atoms with Crippen LogP contribution in [-0.4, -0.2) is 39.9 Å². The van der Waals surface area contributed by atoms with Gasteiger partial charge in [0, 0.05) is 13.1 Å². The Kier molecular flexibility index (Phi) is 8.35. The molecule has 0 radical (unpaired) electrons. The standard InChI is InChI=1S/C19H23N3O3S2/c1-3-22(4-2)19(26)27-13-17(23)21-16-10-6-5-9-15(16)18(24)20-12-14-8-7-11-25-14/h5-11H,3-4,12-13H2,1-2H3,(H,20,24)(H,21,23).